The molecule has 2 N–H and O–H groups in total. The molecule has 0 aliphatic heterocycles. The maximum atomic E-state index is 5.62. The zero-order valence-corrected chi connectivity index (χ0v) is 7.64. The Balaban J connectivity index is 3.68. The molecule has 2 atom stereocenters. The second-order valence-corrected chi connectivity index (χ2v) is 3.79. The van der Waals surface area contributed by atoms with E-state index >= 15 is 0 Å². The molecule has 0 saturated heterocycles. The molecular weight excluding hydrogens is 126 g/mol. The average Bonchev–Trinajstić information content (AvgIpc) is 1.60. The van der Waals surface area contributed by atoms with E-state index in [-0.39, 0.29) is 17.7 Å². The molecule has 0 heterocycles. The van der Waals surface area contributed by atoms with E-state index in [9.17, 15) is 0 Å². The fourth-order valence-electron chi connectivity index (χ4n) is 0.665. The molecule has 0 rings (SSSR count). The average molecular weight is 145 g/mol. The van der Waals surface area contributed by atoms with Crippen LogP contribution in [0.25, 0.3) is 0 Å². The van der Waals surface area contributed by atoms with Crippen molar-refractivity contribution in [2.45, 2.75) is 52.4 Å². The predicted octanol–water partition coefficient (Wildman–Crippen LogP) is 1.54. The molecule has 0 amide bonds. The van der Waals surface area contributed by atoms with Gasteiger partial charge in [-0.25, -0.2) is 0 Å². The Morgan fingerprint density at radius 3 is 1.70 bits per heavy atom. The minimum atomic E-state index is -0.0763. The Morgan fingerprint density at radius 2 is 1.60 bits per heavy atom. The van der Waals surface area contributed by atoms with Gasteiger partial charge in [0, 0.05) is 6.04 Å². The van der Waals surface area contributed by atoms with Crippen molar-refractivity contribution in [3.63, 3.8) is 0 Å². The summed E-state index contributed by atoms with van der Waals surface area (Å²) in [4.78, 5) is 0. The van der Waals surface area contributed by atoms with Crippen molar-refractivity contribution in [2.75, 3.05) is 0 Å². The van der Waals surface area contributed by atoms with Crippen molar-refractivity contribution >= 4 is 0 Å². The Morgan fingerprint density at radius 1 is 1.20 bits per heavy atom. The van der Waals surface area contributed by atoms with Crippen LogP contribution in [0, 0.1) is 0 Å². The molecule has 62 valence electrons. The van der Waals surface area contributed by atoms with Crippen molar-refractivity contribution in [3.05, 3.63) is 0 Å². The molecule has 0 aliphatic rings. The molecule has 0 spiro atoms. The molecule has 0 aliphatic carbocycles. The largest absolute Gasteiger partial charge is 0.371 e. The third-order valence-electron chi connectivity index (χ3n) is 1.28. The predicted molar refractivity (Wildman–Crippen MR) is 43.9 cm³/mol. The van der Waals surface area contributed by atoms with Crippen LogP contribution in [-0.2, 0) is 4.74 Å². The van der Waals surface area contributed by atoms with E-state index in [1.165, 1.54) is 0 Å². The Kier molecular flexibility index (Phi) is 3.33. The van der Waals surface area contributed by atoms with E-state index in [0.29, 0.717) is 0 Å². The lowest BCUT2D eigenvalue weighted by molar-refractivity contribution is -0.0589. The smallest absolute Gasteiger partial charge is 0.0702 e. The van der Waals surface area contributed by atoms with Gasteiger partial charge in [-0.15, -0.1) is 0 Å². The maximum Gasteiger partial charge on any atom is 0.0702 e. The van der Waals surface area contributed by atoms with Crippen LogP contribution in [0.3, 0.4) is 0 Å². The molecule has 2 nitrogen and oxygen atoms in total. The summed E-state index contributed by atoms with van der Waals surface area (Å²) < 4.78 is 5.57. The molecule has 2 heteroatoms. The van der Waals surface area contributed by atoms with Gasteiger partial charge in [0.2, 0.25) is 0 Å². The number of ether oxygens (including phenoxy) is 1. The lowest BCUT2D eigenvalue weighted by Crippen LogP contribution is -2.37. The monoisotopic (exact) mass is 145 g/mol. The lowest BCUT2D eigenvalue weighted by atomic mass is 10.1. The molecule has 10 heavy (non-hydrogen) atoms. The van der Waals surface area contributed by atoms with Gasteiger partial charge < -0.3 is 10.5 Å². The molecule has 0 aromatic carbocycles. The third kappa shape index (κ3) is 4.77. The summed E-state index contributed by atoms with van der Waals surface area (Å²) in [5, 5.41) is 0. The lowest BCUT2D eigenvalue weighted by Gasteiger charge is -2.27. The van der Waals surface area contributed by atoms with Crippen LogP contribution >= 0.6 is 0 Å². The SMILES string of the molecule is CC(N)C(C)OC(C)(C)C. The highest BCUT2D eigenvalue weighted by molar-refractivity contribution is 4.68. The van der Waals surface area contributed by atoms with Gasteiger partial charge in [-0.3, -0.25) is 0 Å². The summed E-state index contributed by atoms with van der Waals surface area (Å²) in [6.07, 6.45) is 0.139. The zero-order chi connectivity index (χ0) is 8.36. The van der Waals surface area contributed by atoms with Gasteiger partial charge in [-0.05, 0) is 34.6 Å². The molecule has 0 radical (unpaired) electrons. The van der Waals surface area contributed by atoms with Crippen molar-refractivity contribution in [2.24, 2.45) is 5.73 Å². The Labute approximate surface area is 63.7 Å². The minimum absolute atomic E-state index is 0.0763. The van der Waals surface area contributed by atoms with Crippen molar-refractivity contribution in [3.8, 4) is 0 Å². The summed E-state index contributed by atoms with van der Waals surface area (Å²) in [7, 11) is 0. The zero-order valence-electron chi connectivity index (χ0n) is 7.64. The first-order valence-electron chi connectivity index (χ1n) is 3.76. The first-order chi connectivity index (χ1) is 4.33. The fourth-order valence-corrected chi connectivity index (χ4v) is 0.665. The standard InChI is InChI=1S/C8H19NO/c1-6(9)7(2)10-8(3,4)5/h6-7H,9H2,1-5H3. The first-order valence-corrected chi connectivity index (χ1v) is 3.76. The van der Waals surface area contributed by atoms with Crippen LogP contribution in [-0.4, -0.2) is 17.7 Å². The van der Waals surface area contributed by atoms with E-state index in [4.69, 9.17) is 10.5 Å². The summed E-state index contributed by atoms with van der Waals surface area (Å²) in [5.74, 6) is 0. The highest BCUT2D eigenvalue weighted by Gasteiger charge is 2.17. The highest BCUT2D eigenvalue weighted by atomic mass is 16.5. The fraction of sp³-hybridized carbons (Fsp3) is 1.00. The Bertz CT molecular complexity index is 93.9. The van der Waals surface area contributed by atoms with Crippen LogP contribution < -0.4 is 5.73 Å². The van der Waals surface area contributed by atoms with Crippen molar-refractivity contribution < 1.29 is 4.74 Å². The van der Waals surface area contributed by atoms with Gasteiger partial charge in [0.15, 0.2) is 0 Å². The van der Waals surface area contributed by atoms with Gasteiger partial charge in [0.1, 0.15) is 0 Å². The molecule has 0 aromatic rings. The van der Waals surface area contributed by atoms with Crippen molar-refractivity contribution in [1.29, 1.82) is 0 Å². The van der Waals surface area contributed by atoms with Gasteiger partial charge in [0.05, 0.1) is 11.7 Å². The second-order valence-electron chi connectivity index (χ2n) is 3.79. The van der Waals surface area contributed by atoms with Gasteiger partial charge in [-0.1, -0.05) is 0 Å². The van der Waals surface area contributed by atoms with Crippen LogP contribution in [0.1, 0.15) is 34.6 Å². The molecule has 0 aromatic heterocycles. The Hall–Kier alpha value is -0.0800. The van der Waals surface area contributed by atoms with Crippen LogP contribution in [0.15, 0.2) is 0 Å². The van der Waals surface area contributed by atoms with E-state index in [1.54, 1.807) is 0 Å². The number of hydrogen-bond donors (Lipinski definition) is 1. The number of nitrogens with two attached hydrogens (primary N) is 1. The van der Waals surface area contributed by atoms with Crippen LogP contribution in [0.4, 0.5) is 0 Å². The molecule has 0 bridgehead atoms. The normalized spacial score (nSPS) is 18.6. The van der Waals surface area contributed by atoms with Crippen molar-refractivity contribution in [1.82, 2.24) is 0 Å². The summed E-state index contributed by atoms with van der Waals surface area (Å²) >= 11 is 0. The maximum absolute atomic E-state index is 5.62. The summed E-state index contributed by atoms with van der Waals surface area (Å²) in [6.45, 7) is 10.1. The second kappa shape index (κ2) is 3.35. The quantitative estimate of drug-likeness (QED) is 0.639. The van der Waals surface area contributed by atoms with E-state index in [1.807, 2.05) is 34.6 Å². The topological polar surface area (TPSA) is 35.2 Å². The van der Waals surface area contributed by atoms with Gasteiger partial charge >= 0.3 is 0 Å². The van der Waals surface area contributed by atoms with Gasteiger partial charge in [-0.2, -0.15) is 0 Å². The minimum Gasteiger partial charge on any atom is -0.371 e. The molecular formula is C8H19NO. The molecule has 0 saturated carbocycles. The van der Waals surface area contributed by atoms with Gasteiger partial charge in [0.25, 0.3) is 0 Å². The van der Waals surface area contributed by atoms with Crippen LogP contribution in [0.2, 0.25) is 0 Å². The first kappa shape index (κ1) is 9.92. The summed E-state index contributed by atoms with van der Waals surface area (Å²) in [6, 6.07) is 0.110. The van der Waals surface area contributed by atoms with E-state index in [2.05, 4.69) is 0 Å². The van der Waals surface area contributed by atoms with E-state index < -0.39 is 0 Å². The highest BCUT2D eigenvalue weighted by Crippen LogP contribution is 2.11. The summed E-state index contributed by atoms with van der Waals surface area (Å²) in [5.41, 5.74) is 5.54. The number of rotatable bonds is 2. The molecule has 0 fully saturated rings. The number of hydrogen-bond acceptors (Lipinski definition) is 2. The molecule has 2 unspecified atom stereocenters. The van der Waals surface area contributed by atoms with E-state index in [0.717, 1.165) is 0 Å². The third-order valence-corrected chi connectivity index (χ3v) is 1.28. The van der Waals surface area contributed by atoms with Crippen LogP contribution in [0.5, 0.6) is 0 Å².